The normalized spacial score (nSPS) is 22.2. The predicted molar refractivity (Wildman–Crippen MR) is 98.5 cm³/mol. The van der Waals surface area contributed by atoms with Crippen LogP contribution in [0.5, 0.6) is 0 Å². The van der Waals surface area contributed by atoms with Gasteiger partial charge in [-0.3, -0.25) is 4.79 Å². The topological polar surface area (TPSA) is 68.5 Å². The van der Waals surface area contributed by atoms with Crippen LogP contribution in [0.15, 0.2) is 29.8 Å². The van der Waals surface area contributed by atoms with Crippen molar-refractivity contribution in [1.82, 2.24) is 9.62 Å². The molecule has 1 amide bonds. The molecule has 3 rings (SSSR count). The SMILES string of the molecule is CC(=O)[N]CC1=C(c2ccc(Cl)cc2)S(=O)(=O)N(CC2CC2)C1(C)C. The van der Waals surface area contributed by atoms with Gasteiger partial charge in [-0.2, -0.15) is 4.31 Å². The van der Waals surface area contributed by atoms with E-state index in [1.54, 1.807) is 28.6 Å². The van der Waals surface area contributed by atoms with E-state index in [1.807, 2.05) is 13.8 Å². The molecule has 5 nitrogen and oxygen atoms in total. The van der Waals surface area contributed by atoms with Gasteiger partial charge in [-0.1, -0.05) is 23.7 Å². The van der Waals surface area contributed by atoms with Gasteiger partial charge in [0.15, 0.2) is 0 Å². The molecular formula is C18H22ClN2O3S. The van der Waals surface area contributed by atoms with Gasteiger partial charge in [0.05, 0.1) is 17.0 Å². The summed E-state index contributed by atoms with van der Waals surface area (Å²) in [6.07, 6.45) is 2.12. The highest BCUT2D eigenvalue weighted by Gasteiger charge is 2.51. The van der Waals surface area contributed by atoms with Crippen molar-refractivity contribution < 1.29 is 13.2 Å². The molecule has 1 aliphatic carbocycles. The zero-order valence-electron chi connectivity index (χ0n) is 14.6. The van der Waals surface area contributed by atoms with Crippen LogP contribution in [0, 0.1) is 5.92 Å². The molecule has 0 saturated heterocycles. The molecule has 2 aliphatic rings. The first-order chi connectivity index (χ1) is 11.6. The summed E-state index contributed by atoms with van der Waals surface area (Å²) in [5, 5.41) is 4.52. The Morgan fingerprint density at radius 3 is 2.40 bits per heavy atom. The third-order valence-electron chi connectivity index (χ3n) is 4.87. The highest BCUT2D eigenvalue weighted by molar-refractivity contribution is 7.98. The lowest BCUT2D eigenvalue weighted by Gasteiger charge is -2.32. The first-order valence-electron chi connectivity index (χ1n) is 8.34. The first kappa shape index (κ1) is 18.4. The number of rotatable bonds is 5. The van der Waals surface area contributed by atoms with Gasteiger partial charge in [0.2, 0.25) is 15.9 Å². The monoisotopic (exact) mass is 381 g/mol. The second kappa shape index (κ2) is 6.41. The molecule has 0 N–H and O–H groups in total. The Bertz CT molecular complexity index is 824. The molecule has 0 spiro atoms. The summed E-state index contributed by atoms with van der Waals surface area (Å²) in [6, 6.07) is 6.77. The van der Waals surface area contributed by atoms with E-state index in [0.29, 0.717) is 28.6 Å². The van der Waals surface area contributed by atoms with Crippen LogP contribution in [0.3, 0.4) is 0 Å². The van der Waals surface area contributed by atoms with E-state index < -0.39 is 15.6 Å². The summed E-state index contributed by atoms with van der Waals surface area (Å²) in [7, 11) is -3.65. The molecule has 1 aromatic rings. The van der Waals surface area contributed by atoms with Gasteiger partial charge in [0.1, 0.15) is 0 Å². The predicted octanol–water partition coefficient (Wildman–Crippen LogP) is 3.04. The number of halogens is 1. The van der Waals surface area contributed by atoms with E-state index >= 15 is 0 Å². The maximum absolute atomic E-state index is 13.3. The minimum atomic E-state index is -3.65. The zero-order chi connectivity index (χ0) is 18.4. The lowest BCUT2D eigenvalue weighted by atomic mass is 9.91. The number of amides is 1. The van der Waals surface area contributed by atoms with Gasteiger partial charge >= 0.3 is 0 Å². The van der Waals surface area contributed by atoms with Crippen molar-refractivity contribution in [1.29, 1.82) is 0 Å². The first-order valence-corrected chi connectivity index (χ1v) is 10.2. The Kier molecular flexibility index (Phi) is 4.73. The van der Waals surface area contributed by atoms with Crippen molar-refractivity contribution >= 4 is 32.4 Å². The Balaban J connectivity index is 2.12. The lowest BCUT2D eigenvalue weighted by Crippen LogP contribution is -2.45. The van der Waals surface area contributed by atoms with Crippen LogP contribution >= 0.6 is 11.6 Å². The van der Waals surface area contributed by atoms with Gasteiger partial charge in [0.25, 0.3) is 0 Å². The standard InChI is InChI=1S/C18H22ClN2O3S/c1-12(22)20-10-16-17(14-6-8-15(19)9-7-14)25(23,24)21(18(16,2)3)11-13-4-5-13/h6-9,13H,4-5,10-11H2,1-3H3. The van der Waals surface area contributed by atoms with Crippen LogP contribution in [-0.4, -0.2) is 37.3 Å². The van der Waals surface area contributed by atoms with E-state index in [4.69, 9.17) is 11.6 Å². The van der Waals surface area contributed by atoms with Crippen LogP contribution in [0.25, 0.3) is 4.91 Å². The molecule has 1 fully saturated rings. The van der Waals surface area contributed by atoms with Crippen LogP contribution in [0.2, 0.25) is 5.02 Å². The summed E-state index contributed by atoms with van der Waals surface area (Å²) in [4.78, 5) is 11.6. The minimum Gasteiger partial charge on any atom is -0.273 e. The minimum absolute atomic E-state index is 0.0840. The van der Waals surface area contributed by atoms with Gasteiger partial charge in [-0.15, -0.1) is 0 Å². The molecule has 1 heterocycles. The van der Waals surface area contributed by atoms with E-state index in [2.05, 4.69) is 5.32 Å². The Labute approximate surface area is 154 Å². The smallest absolute Gasteiger partial charge is 0.244 e. The summed E-state index contributed by atoms with van der Waals surface area (Å²) in [5.41, 5.74) is 0.533. The van der Waals surface area contributed by atoms with Crippen LogP contribution in [-0.2, 0) is 14.8 Å². The molecule has 1 saturated carbocycles. The van der Waals surface area contributed by atoms with Crippen molar-refractivity contribution in [2.75, 3.05) is 13.1 Å². The highest BCUT2D eigenvalue weighted by Crippen LogP contribution is 2.47. The van der Waals surface area contributed by atoms with Crippen LogP contribution in [0.1, 0.15) is 39.2 Å². The molecule has 0 aromatic heterocycles. The summed E-state index contributed by atoms with van der Waals surface area (Å²) >= 11 is 5.95. The molecule has 1 radical (unpaired) electrons. The zero-order valence-corrected chi connectivity index (χ0v) is 16.2. The number of hydrogen-bond acceptors (Lipinski definition) is 3. The third-order valence-corrected chi connectivity index (χ3v) is 7.31. The second-order valence-corrected chi connectivity index (χ2v) is 9.42. The molecule has 135 valence electrons. The fourth-order valence-corrected chi connectivity index (χ4v) is 5.76. The average molecular weight is 382 g/mol. The molecule has 0 unspecified atom stereocenters. The van der Waals surface area contributed by atoms with E-state index in [0.717, 1.165) is 12.8 Å². The molecule has 0 atom stereocenters. The fourth-order valence-electron chi connectivity index (χ4n) is 3.24. The van der Waals surface area contributed by atoms with Crippen molar-refractivity contribution in [3.63, 3.8) is 0 Å². The summed E-state index contributed by atoms with van der Waals surface area (Å²) < 4.78 is 28.2. The number of hydrogen-bond donors (Lipinski definition) is 0. The van der Waals surface area contributed by atoms with E-state index in [1.165, 1.54) is 6.92 Å². The van der Waals surface area contributed by atoms with Crippen molar-refractivity contribution in [2.24, 2.45) is 5.92 Å². The average Bonchev–Trinajstić information content (AvgIpc) is 3.31. The molecule has 1 aliphatic heterocycles. The number of benzene rings is 1. The Hall–Kier alpha value is -1.37. The highest BCUT2D eigenvalue weighted by atomic mass is 35.5. The Morgan fingerprint density at radius 1 is 1.28 bits per heavy atom. The molecule has 7 heteroatoms. The second-order valence-electron chi connectivity index (χ2n) is 7.19. The summed E-state index contributed by atoms with van der Waals surface area (Å²) in [5.74, 6) is 0.112. The van der Waals surface area contributed by atoms with Crippen molar-refractivity contribution in [3.8, 4) is 0 Å². The van der Waals surface area contributed by atoms with Crippen LogP contribution in [0.4, 0.5) is 0 Å². The van der Waals surface area contributed by atoms with Crippen molar-refractivity contribution in [3.05, 3.63) is 40.4 Å². The Morgan fingerprint density at radius 2 is 1.88 bits per heavy atom. The summed E-state index contributed by atoms with van der Waals surface area (Å²) in [6.45, 7) is 5.75. The third kappa shape index (κ3) is 3.48. The number of carbonyl (C=O) groups is 1. The van der Waals surface area contributed by atoms with Gasteiger partial charge in [-0.25, -0.2) is 13.7 Å². The van der Waals surface area contributed by atoms with E-state index in [9.17, 15) is 13.2 Å². The van der Waals surface area contributed by atoms with Gasteiger partial charge in [-0.05, 0) is 55.9 Å². The number of carbonyl (C=O) groups excluding carboxylic acids is 1. The lowest BCUT2D eigenvalue weighted by molar-refractivity contribution is -0.119. The molecule has 0 bridgehead atoms. The molecular weight excluding hydrogens is 360 g/mol. The largest absolute Gasteiger partial charge is 0.273 e. The maximum Gasteiger partial charge on any atom is 0.244 e. The number of sulfonamides is 1. The van der Waals surface area contributed by atoms with Gasteiger partial charge < -0.3 is 0 Å². The molecule has 1 aromatic carbocycles. The van der Waals surface area contributed by atoms with Crippen LogP contribution < -0.4 is 5.32 Å². The number of nitrogens with zero attached hydrogens (tertiary/aromatic N) is 2. The quantitative estimate of drug-likeness (QED) is 0.787. The fraction of sp³-hybridized carbons (Fsp3) is 0.500. The van der Waals surface area contributed by atoms with Crippen molar-refractivity contribution in [2.45, 2.75) is 39.2 Å². The maximum atomic E-state index is 13.3. The van der Waals surface area contributed by atoms with Gasteiger partial charge in [0, 0.05) is 18.5 Å². The van der Waals surface area contributed by atoms with E-state index in [-0.39, 0.29) is 17.4 Å². The molecule has 25 heavy (non-hydrogen) atoms.